The minimum Gasteiger partial charge on any atom is -0.394 e. The van der Waals surface area contributed by atoms with E-state index in [1.54, 1.807) is 0 Å². The molecule has 2 aromatic rings. The van der Waals surface area contributed by atoms with Gasteiger partial charge in [0, 0.05) is 18.7 Å². The normalized spacial score (nSPS) is 23.0. The van der Waals surface area contributed by atoms with Crippen LogP contribution in [0.5, 0.6) is 0 Å². The van der Waals surface area contributed by atoms with Crippen LogP contribution in [0.3, 0.4) is 0 Å². The lowest BCUT2D eigenvalue weighted by atomic mass is 10.1. The van der Waals surface area contributed by atoms with Crippen molar-refractivity contribution in [1.29, 1.82) is 0 Å². The Bertz CT molecular complexity index is 780. The van der Waals surface area contributed by atoms with Gasteiger partial charge in [0.05, 0.1) is 18.4 Å². The van der Waals surface area contributed by atoms with E-state index < -0.39 is 0 Å². The highest BCUT2D eigenvalue weighted by atomic mass is 16.5. The molecule has 2 aliphatic rings. The summed E-state index contributed by atoms with van der Waals surface area (Å²) in [4.78, 5) is 12.4. The fourth-order valence-corrected chi connectivity index (χ4v) is 3.92. The van der Waals surface area contributed by atoms with Crippen LogP contribution in [0.1, 0.15) is 49.1 Å². The lowest BCUT2D eigenvalue weighted by molar-refractivity contribution is 0.0112. The smallest absolute Gasteiger partial charge is 0.273 e. The number of rotatable bonds is 6. The molecule has 0 bridgehead atoms. The van der Waals surface area contributed by atoms with E-state index in [1.165, 1.54) is 24.0 Å². The van der Waals surface area contributed by atoms with Gasteiger partial charge in [0.2, 0.25) is 0 Å². The number of nitrogens with two attached hydrogens (primary N) is 1. The van der Waals surface area contributed by atoms with Crippen molar-refractivity contribution in [2.24, 2.45) is 5.92 Å². The number of pyridine rings is 1. The van der Waals surface area contributed by atoms with Crippen molar-refractivity contribution in [1.82, 2.24) is 4.57 Å². The third-order valence-corrected chi connectivity index (χ3v) is 5.51. The summed E-state index contributed by atoms with van der Waals surface area (Å²) < 4.78 is 8.02. The number of ether oxygens (including phenoxy) is 1. The Balaban J connectivity index is 1.45. The summed E-state index contributed by atoms with van der Waals surface area (Å²) in [6.45, 7) is 1.35. The molecule has 0 radical (unpaired) electrons. The number of hydrogen-bond acceptors (Lipinski definition) is 3. The molecule has 132 valence electrons. The first-order valence-electron chi connectivity index (χ1n) is 9.36. The van der Waals surface area contributed by atoms with Crippen molar-refractivity contribution >= 4 is 5.69 Å². The van der Waals surface area contributed by atoms with Gasteiger partial charge in [-0.05, 0) is 48.8 Å². The fraction of sp³-hybridized carbons (Fsp3) is 0.476. The Morgan fingerprint density at radius 3 is 2.68 bits per heavy atom. The molecule has 1 aromatic carbocycles. The lowest BCUT2D eigenvalue weighted by Crippen LogP contribution is -2.30. The van der Waals surface area contributed by atoms with Gasteiger partial charge in [0.25, 0.3) is 5.56 Å². The van der Waals surface area contributed by atoms with Crippen molar-refractivity contribution in [3.05, 3.63) is 64.1 Å². The van der Waals surface area contributed by atoms with Gasteiger partial charge in [-0.25, -0.2) is 0 Å². The van der Waals surface area contributed by atoms with E-state index in [-0.39, 0.29) is 11.7 Å². The van der Waals surface area contributed by atoms with Crippen LogP contribution in [-0.2, 0) is 17.9 Å². The molecule has 0 spiro atoms. The first-order valence-corrected chi connectivity index (χ1v) is 9.36. The molecule has 4 nitrogen and oxygen atoms in total. The molecule has 4 heteroatoms. The number of benzene rings is 1. The van der Waals surface area contributed by atoms with Gasteiger partial charge in [-0.3, -0.25) is 4.79 Å². The van der Waals surface area contributed by atoms with Crippen molar-refractivity contribution in [2.45, 2.75) is 57.3 Å². The van der Waals surface area contributed by atoms with Gasteiger partial charge in [0.1, 0.15) is 0 Å². The summed E-state index contributed by atoms with van der Waals surface area (Å²) in [7, 11) is 0. The third kappa shape index (κ3) is 3.79. The molecule has 0 amide bonds. The Morgan fingerprint density at radius 2 is 1.92 bits per heavy atom. The molecule has 4 rings (SSSR count). The van der Waals surface area contributed by atoms with Crippen LogP contribution >= 0.6 is 0 Å². The van der Waals surface area contributed by atoms with Gasteiger partial charge in [0.15, 0.2) is 0 Å². The van der Waals surface area contributed by atoms with Gasteiger partial charge in [-0.1, -0.05) is 36.8 Å². The van der Waals surface area contributed by atoms with E-state index >= 15 is 0 Å². The van der Waals surface area contributed by atoms with E-state index in [9.17, 15) is 4.79 Å². The zero-order chi connectivity index (χ0) is 17.2. The molecule has 2 atom stereocenters. The summed E-state index contributed by atoms with van der Waals surface area (Å²) in [5, 5.41) is 0. The molecule has 2 N–H and O–H groups in total. The summed E-state index contributed by atoms with van der Waals surface area (Å²) in [6.07, 6.45) is 8.02. The van der Waals surface area contributed by atoms with E-state index in [0.717, 1.165) is 19.3 Å². The van der Waals surface area contributed by atoms with E-state index in [4.69, 9.17) is 10.5 Å². The van der Waals surface area contributed by atoms with Gasteiger partial charge >= 0.3 is 0 Å². The molecular formula is C21H26N2O2. The summed E-state index contributed by atoms with van der Waals surface area (Å²) in [5.74, 6) is 0.984. The predicted octanol–water partition coefficient (Wildman–Crippen LogP) is 3.69. The summed E-state index contributed by atoms with van der Waals surface area (Å²) >= 11 is 0. The van der Waals surface area contributed by atoms with Gasteiger partial charge in [-0.2, -0.15) is 0 Å². The zero-order valence-electron chi connectivity index (χ0n) is 14.6. The highest BCUT2D eigenvalue weighted by Crippen LogP contribution is 2.40. The average Bonchev–Trinajstić information content (AvgIpc) is 3.39. The third-order valence-electron chi connectivity index (χ3n) is 5.51. The number of hydrogen-bond donors (Lipinski definition) is 1. The highest BCUT2D eigenvalue weighted by Gasteiger charge is 2.30. The summed E-state index contributed by atoms with van der Waals surface area (Å²) in [6, 6.07) is 12.1. The topological polar surface area (TPSA) is 57.2 Å². The number of aromatic nitrogens is 1. The number of nitrogen functional groups attached to an aromatic ring is 1. The minimum absolute atomic E-state index is 0.0573. The van der Waals surface area contributed by atoms with Crippen molar-refractivity contribution in [3.63, 3.8) is 0 Å². The second kappa shape index (κ2) is 7.04. The van der Waals surface area contributed by atoms with Crippen molar-refractivity contribution in [3.8, 4) is 0 Å². The van der Waals surface area contributed by atoms with Crippen LogP contribution in [0.25, 0.3) is 0 Å². The van der Waals surface area contributed by atoms with Crippen LogP contribution in [0.2, 0.25) is 0 Å². The van der Waals surface area contributed by atoms with Crippen molar-refractivity contribution < 1.29 is 4.74 Å². The molecule has 0 unspecified atom stereocenters. The Kier molecular flexibility index (Phi) is 4.62. The quantitative estimate of drug-likeness (QED) is 0.874. The van der Waals surface area contributed by atoms with Crippen LogP contribution < -0.4 is 11.3 Å². The van der Waals surface area contributed by atoms with Crippen LogP contribution in [0.4, 0.5) is 5.69 Å². The Morgan fingerprint density at radius 1 is 1.12 bits per heavy atom. The van der Waals surface area contributed by atoms with Gasteiger partial charge in [-0.15, -0.1) is 0 Å². The first-order chi connectivity index (χ1) is 12.2. The molecule has 1 heterocycles. The second-order valence-corrected chi connectivity index (χ2v) is 7.49. The van der Waals surface area contributed by atoms with Crippen LogP contribution in [-0.4, -0.2) is 10.7 Å². The molecule has 0 aliphatic heterocycles. The van der Waals surface area contributed by atoms with Crippen LogP contribution in [0.15, 0.2) is 47.4 Å². The number of anilines is 1. The predicted molar refractivity (Wildman–Crippen MR) is 99.4 cm³/mol. The highest BCUT2D eigenvalue weighted by molar-refractivity contribution is 5.40. The van der Waals surface area contributed by atoms with Crippen LogP contribution in [0, 0.1) is 5.92 Å². The summed E-state index contributed by atoms with van der Waals surface area (Å²) in [5.41, 5.74) is 8.71. The molecule has 2 fully saturated rings. The van der Waals surface area contributed by atoms with E-state index in [0.29, 0.717) is 30.7 Å². The Labute approximate surface area is 148 Å². The van der Waals surface area contributed by atoms with E-state index in [2.05, 4.69) is 12.1 Å². The Hall–Kier alpha value is -2.07. The zero-order valence-corrected chi connectivity index (χ0v) is 14.6. The fourth-order valence-electron chi connectivity index (χ4n) is 3.92. The van der Waals surface area contributed by atoms with E-state index in [1.807, 2.05) is 35.0 Å². The molecule has 2 saturated carbocycles. The number of nitrogens with zero attached hydrogens (tertiary/aromatic N) is 1. The maximum Gasteiger partial charge on any atom is 0.273 e. The second-order valence-electron chi connectivity index (χ2n) is 7.49. The standard InChI is InChI=1S/C21H26N2O2/c22-19-11-18(16-9-10-16)13-23(21(19)24)12-17-7-4-8-20(17)25-14-15-5-2-1-3-6-15/h1-3,5-6,11,13,16-17,20H,4,7-10,12,14,22H2/t17-,20+/m0/s1. The maximum absolute atomic E-state index is 12.4. The van der Waals surface area contributed by atoms with Crippen molar-refractivity contribution in [2.75, 3.05) is 5.73 Å². The monoisotopic (exact) mass is 338 g/mol. The lowest BCUT2D eigenvalue weighted by Gasteiger charge is -2.22. The molecule has 25 heavy (non-hydrogen) atoms. The maximum atomic E-state index is 12.4. The molecular weight excluding hydrogens is 312 g/mol. The molecule has 1 aromatic heterocycles. The molecule has 0 saturated heterocycles. The average molecular weight is 338 g/mol. The largest absolute Gasteiger partial charge is 0.394 e. The molecule has 2 aliphatic carbocycles. The first kappa shape index (κ1) is 16.4. The SMILES string of the molecule is Nc1cc(C2CC2)cn(C[C@@H]2CCC[C@H]2OCc2ccccc2)c1=O. The van der Waals surface area contributed by atoms with Gasteiger partial charge < -0.3 is 15.0 Å². The minimum atomic E-state index is -0.0573.